The smallest absolute Gasteiger partial charge is 0.222 e. The number of hydrogen-bond acceptors (Lipinski definition) is 5. The van der Waals surface area contributed by atoms with Crippen LogP contribution < -0.4 is 15.4 Å². The van der Waals surface area contributed by atoms with Crippen LogP contribution >= 0.6 is 0 Å². The average Bonchev–Trinajstić information content (AvgIpc) is 2.64. The summed E-state index contributed by atoms with van der Waals surface area (Å²) in [5.41, 5.74) is 0. The zero-order chi connectivity index (χ0) is 10.7. The van der Waals surface area contributed by atoms with Gasteiger partial charge in [0, 0.05) is 19.0 Å². The van der Waals surface area contributed by atoms with Gasteiger partial charge in [-0.15, -0.1) is 0 Å². The van der Waals surface area contributed by atoms with Crippen molar-refractivity contribution in [2.45, 2.75) is 12.5 Å². The largest absolute Gasteiger partial charge is 0.481 e. The molecule has 1 amide bonds. The van der Waals surface area contributed by atoms with Gasteiger partial charge in [0.2, 0.25) is 11.8 Å². The fourth-order valence-electron chi connectivity index (χ4n) is 1.45. The number of aromatic nitrogens is 2. The summed E-state index contributed by atoms with van der Waals surface area (Å²) in [6.07, 6.45) is 1.90. The van der Waals surface area contributed by atoms with E-state index in [2.05, 4.69) is 20.6 Å². The number of methoxy groups -OCH3 is 1. The van der Waals surface area contributed by atoms with Crippen LogP contribution in [-0.4, -0.2) is 35.6 Å². The summed E-state index contributed by atoms with van der Waals surface area (Å²) in [5.74, 6) is 1.24. The van der Waals surface area contributed by atoms with E-state index in [1.807, 2.05) is 0 Å². The molecule has 0 aliphatic carbocycles. The van der Waals surface area contributed by atoms with E-state index >= 15 is 0 Å². The third kappa shape index (κ3) is 2.34. The highest BCUT2D eigenvalue weighted by molar-refractivity contribution is 5.79. The summed E-state index contributed by atoms with van der Waals surface area (Å²) >= 11 is 0. The van der Waals surface area contributed by atoms with Gasteiger partial charge in [-0.25, -0.2) is 9.97 Å². The summed E-state index contributed by atoms with van der Waals surface area (Å²) < 4.78 is 4.97. The number of nitrogens with zero attached hydrogens (tertiary/aromatic N) is 2. The molecular formula is C9H12N4O2. The van der Waals surface area contributed by atoms with Gasteiger partial charge in [0.1, 0.15) is 12.1 Å². The average molecular weight is 208 g/mol. The predicted molar refractivity (Wildman–Crippen MR) is 53.6 cm³/mol. The van der Waals surface area contributed by atoms with Crippen molar-refractivity contribution in [1.82, 2.24) is 15.3 Å². The Hall–Kier alpha value is -1.85. The highest BCUT2D eigenvalue weighted by atomic mass is 16.5. The second-order valence-electron chi connectivity index (χ2n) is 3.30. The summed E-state index contributed by atoms with van der Waals surface area (Å²) in [5, 5.41) is 5.87. The summed E-state index contributed by atoms with van der Waals surface area (Å²) in [6.45, 7) is 0.630. The van der Waals surface area contributed by atoms with E-state index in [0.29, 0.717) is 24.7 Å². The SMILES string of the molecule is COc1cc(NC2CNC(=O)C2)ncn1. The first-order chi connectivity index (χ1) is 7.28. The number of amides is 1. The quantitative estimate of drug-likeness (QED) is 0.718. The van der Waals surface area contributed by atoms with Crippen LogP contribution in [0.25, 0.3) is 0 Å². The van der Waals surface area contributed by atoms with Gasteiger partial charge < -0.3 is 15.4 Å². The minimum atomic E-state index is 0.0634. The highest BCUT2D eigenvalue weighted by Crippen LogP contribution is 2.13. The molecule has 80 valence electrons. The van der Waals surface area contributed by atoms with Gasteiger partial charge in [-0.3, -0.25) is 4.79 Å². The van der Waals surface area contributed by atoms with Gasteiger partial charge in [-0.05, 0) is 0 Å². The molecule has 2 rings (SSSR count). The Kier molecular flexibility index (Phi) is 2.66. The molecule has 1 aliphatic rings. The van der Waals surface area contributed by atoms with E-state index < -0.39 is 0 Å². The first-order valence-corrected chi connectivity index (χ1v) is 4.67. The number of nitrogens with one attached hydrogen (secondary N) is 2. The molecule has 1 aromatic heterocycles. The highest BCUT2D eigenvalue weighted by Gasteiger charge is 2.21. The maximum absolute atomic E-state index is 11.0. The first-order valence-electron chi connectivity index (χ1n) is 4.67. The van der Waals surface area contributed by atoms with Crippen molar-refractivity contribution in [3.05, 3.63) is 12.4 Å². The fraction of sp³-hybridized carbons (Fsp3) is 0.444. The van der Waals surface area contributed by atoms with Gasteiger partial charge in [-0.2, -0.15) is 0 Å². The molecule has 2 N–H and O–H groups in total. The molecule has 0 spiro atoms. The van der Waals surface area contributed by atoms with E-state index in [1.54, 1.807) is 13.2 Å². The molecule has 6 heteroatoms. The maximum Gasteiger partial charge on any atom is 0.222 e. The molecule has 0 bridgehead atoms. The fourth-order valence-corrected chi connectivity index (χ4v) is 1.45. The van der Waals surface area contributed by atoms with Crippen molar-refractivity contribution in [3.63, 3.8) is 0 Å². The summed E-state index contributed by atoms with van der Waals surface area (Å²) in [4.78, 5) is 18.9. The zero-order valence-corrected chi connectivity index (χ0v) is 8.36. The molecule has 6 nitrogen and oxygen atoms in total. The monoisotopic (exact) mass is 208 g/mol. The predicted octanol–water partition coefficient (Wildman–Crippen LogP) is -0.214. The zero-order valence-electron chi connectivity index (χ0n) is 8.36. The molecule has 1 aliphatic heterocycles. The van der Waals surface area contributed by atoms with Crippen LogP contribution in [0.4, 0.5) is 5.82 Å². The molecule has 1 atom stereocenters. The lowest BCUT2D eigenvalue weighted by Gasteiger charge is -2.10. The second-order valence-corrected chi connectivity index (χ2v) is 3.30. The number of rotatable bonds is 3. The number of hydrogen-bond donors (Lipinski definition) is 2. The van der Waals surface area contributed by atoms with E-state index in [9.17, 15) is 4.79 Å². The van der Waals surface area contributed by atoms with E-state index in [1.165, 1.54) is 6.33 Å². The van der Waals surface area contributed by atoms with Crippen molar-refractivity contribution in [3.8, 4) is 5.88 Å². The second kappa shape index (κ2) is 4.12. The Bertz CT molecular complexity index is 369. The summed E-state index contributed by atoms with van der Waals surface area (Å²) in [7, 11) is 1.55. The number of ether oxygens (including phenoxy) is 1. The lowest BCUT2D eigenvalue weighted by atomic mass is 10.2. The number of anilines is 1. The van der Waals surface area contributed by atoms with Crippen molar-refractivity contribution >= 4 is 11.7 Å². The molecule has 1 saturated heterocycles. The topological polar surface area (TPSA) is 76.1 Å². The molecule has 1 aromatic rings. The Labute approximate surface area is 87.1 Å². The van der Waals surface area contributed by atoms with Crippen LogP contribution in [0.5, 0.6) is 5.88 Å². The van der Waals surface area contributed by atoms with Crippen LogP contribution in [0.1, 0.15) is 6.42 Å². The van der Waals surface area contributed by atoms with E-state index in [-0.39, 0.29) is 11.9 Å². The van der Waals surface area contributed by atoms with Crippen LogP contribution in [0, 0.1) is 0 Å². The van der Waals surface area contributed by atoms with E-state index in [0.717, 1.165) is 0 Å². The van der Waals surface area contributed by atoms with Gasteiger partial charge in [0.25, 0.3) is 0 Å². The van der Waals surface area contributed by atoms with Crippen LogP contribution in [0.3, 0.4) is 0 Å². The maximum atomic E-state index is 11.0. The Morgan fingerprint density at radius 1 is 1.60 bits per heavy atom. The van der Waals surface area contributed by atoms with Gasteiger partial charge in [-0.1, -0.05) is 0 Å². The first kappa shape index (κ1) is 9.70. The van der Waals surface area contributed by atoms with Crippen molar-refractivity contribution in [2.24, 2.45) is 0 Å². The third-order valence-corrected chi connectivity index (χ3v) is 2.18. The standard InChI is InChI=1S/C9H12N4O2/c1-15-9-3-7(11-5-12-9)13-6-2-8(14)10-4-6/h3,5-6H,2,4H2,1H3,(H,10,14)(H,11,12,13). The minimum Gasteiger partial charge on any atom is -0.481 e. The van der Waals surface area contributed by atoms with Gasteiger partial charge in [0.15, 0.2) is 0 Å². The molecule has 2 heterocycles. The van der Waals surface area contributed by atoms with Crippen LogP contribution in [-0.2, 0) is 4.79 Å². The number of carbonyl (C=O) groups excluding carboxylic acids is 1. The van der Waals surface area contributed by atoms with Crippen molar-refractivity contribution < 1.29 is 9.53 Å². The van der Waals surface area contributed by atoms with Crippen LogP contribution in [0.2, 0.25) is 0 Å². The molecule has 15 heavy (non-hydrogen) atoms. The van der Waals surface area contributed by atoms with Gasteiger partial charge >= 0.3 is 0 Å². The van der Waals surface area contributed by atoms with Gasteiger partial charge in [0.05, 0.1) is 13.2 Å². The number of carbonyl (C=O) groups is 1. The Morgan fingerprint density at radius 3 is 3.13 bits per heavy atom. The molecule has 1 fully saturated rings. The molecule has 1 unspecified atom stereocenters. The van der Waals surface area contributed by atoms with E-state index in [4.69, 9.17) is 4.74 Å². The minimum absolute atomic E-state index is 0.0634. The van der Waals surface area contributed by atoms with Crippen LogP contribution in [0.15, 0.2) is 12.4 Å². The lowest BCUT2D eigenvalue weighted by molar-refractivity contribution is -0.119. The Balaban J connectivity index is 2.01. The Morgan fingerprint density at radius 2 is 2.47 bits per heavy atom. The van der Waals surface area contributed by atoms with Crippen molar-refractivity contribution in [1.29, 1.82) is 0 Å². The molecular weight excluding hydrogens is 196 g/mol. The molecule has 0 saturated carbocycles. The molecule has 0 radical (unpaired) electrons. The third-order valence-electron chi connectivity index (χ3n) is 2.18. The molecule has 0 aromatic carbocycles. The lowest BCUT2D eigenvalue weighted by Crippen LogP contribution is -2.22. The summed E-state index contributed by atoms with van der Waals surface area (Å²) in [6, 6.07) is 1.79. The normalized spacial score (nSPS) is 19.8. The van der Waals surface area contributed by atoms with Crippen molar-refractivity contribution in [2.75, 3.05) is 19.0 Å².